The fourth-order valence-electron chi connectivity index (χ4n) is 2.55. The number of carbonyl (C=O) groups is 1. The van der Waals surface area contributed by atoms with E-state index in [1.165, 1.54) is 10.7 Å². The number of halogens is 1. The second kappa shape index (κ2) is 7.86. The minimum atomic E-state index is -0.450. The molecule has 0 bridgehead atoms. The van der Waals surface area contributed by atoms with E-state index >= 15 is 0 Å². The van der Waals surface area contributed by atoms with E-state index in [0.29, 0.717) is 23.7 Å². The highest BCUT2D eigenvalue weighted by atomic mass is 19.1. The van der Waals surface area contributed by atoms with Gasteiger partial charge in [0.05, 0.1) is 0 Å². The number of hydrogen-bond acceptors (Lipinski definition) is 4. The predicted octanol–water partition coefficient (Wildman–Crippen LogP) is 3.24. The highest BCUT2D eigenvalue weighted by Crippen LogP contribution is 2.25. The minimum absolute atomic E-state index is 0.144. The van der Waals surface area contributed by atoms with Gasteiger partial charge in [0.1, 0.15) is 17.2 Å². The maximum Gasteiger partial charge on any atom is 0.274 e. The maximum atomic E-state index is 14.3. The van der Waals surface area contributed by atoms with Crippen LogP contribution < -0.4 is 5.32 Å². The van der Waals surface area contributed by atoms with Crippen molar-refractivity contribution in [1.82, 2.24) is 25.3 Å². The molecule has 0 aliphatic heterocycles. The molecule has 0 aliphatic rings. The number of aromatic nitrogens is 4. The van der Waals surface area contributed by atoms with Crippen molar-refractivity contribution < 1.29 is 9.18 Å². The molecule has 1 N–H and O–H groups in total. The quantitative estimate of drug-likeness (QED) is 0.738. The summed E-state index contributed by atoms with van der Waals surface area (Å²) in [5.74, 6) is -0.316. The van der Waals surface area contributed by atoms with Crippen LogP contribution in [0.3, 0.4) is 0 Å². The Morgan fingerprint density at radius 1 is 1.23 bits per heavy atom. The first kappa shape index (κ1) is 17.7. The average molecular weight is 353 g/mol. The number of hydrogen-bond donors (Lipinski definition) is 1. The van der Waals surface area contributed by atoms with Gasteiger partial charge in [-0.2, -0.15) is 0 Å². The number of amides is 1. The van der Waals surface area contributed by atoms with Crippen molar-refractivity contribution in [3.63, 3.8) is 0 Å². The standard InChI is InChI=1S/C19H20FN5O/c1-13(2)9-11-22-19(26)17-18(14-6-5-10-21-12-14)25(24-23-17)16-8-4-3-7-15(16)20/h3-8,10,12-13H,9,11H2,1-2H3,(H,22,26). The van der Waals surface area contributed by atoms with Gasteiger partial charge in [-0.1, -0.05) is 31.2 Å². The molecule has 3 rings (SSSR count). The number of carbonyl (C=O) groups excluding carboxylic acids is 1. The summed E-state index contributed by atoms with van der Waals surface area (Å²) in [6.07, 6.45) is 4.08. The fraction of sp³-hybridized carbons (Fsp3) is 0.263. The zero-order valence-corrected chi connectivity index (χ0v) is 14.7. The average Bonchev–Trinajstić information content (AvgIpc) is 3.07. The van der Waals surface area contributed by atoms with Gasteiger partial charge < -0.3 is 5.32 Å². The molecule has 6 nitrogen and oxygen atoms in total. The Bertz CT molecular complexity index is 892. The Morgan fingerprint density at radius 2 is 2.04 bits per heavy atom. The Morgan fingerprint density at radius 3 is 2.73 bits per heavy atom. The summed E-state index contributed by atoms with van der Waals surface area (Å²) < 4.78 is 15.6. The number of pyridine rings is 1. The number of benzene rings is 1. The lowest BCUT2D eigenvalue weighted by Gasteiger charge is -2.10. The van der Waals surface area contributed by atoms with E-state index in [4.69, 9.17) is 0 Å². The summed E-state index contributed by atoms with van der Waals surface area (Å²) in [5, 5.41) is 10.9. The van der Waals surface area contributed by atoms with Gasteiger partial charge in [-0.3, -0.25) is 9.78 Å². The van der Waals surface area contributed by atoms with Gasteiger partial charge in [0.15, 0.2) is 5.69 Å². The first-order valence-corrected chi connectivity index (χ1v) is 8.47. The van der Waals surface area contributed by atoms with Crippen LogP contribution in [0.15, 0.2) is 48.8 Å². The van der Waals surface area contributed by atoms with E-state index in [9.17, 15) is 9.18 Å². The van der Waals surface area contributed by atoms with Crippen LogP contribution in [0, 0.1) is 11.7 Å². The molecule has 134 valence electrons. The molecule has 7 heteroatoms. The van der Waals surface area contributed by atoms with Crippen LogP contribution in [-0.2, 0) is 0 Å². The molecule has 0 saturated carbocycles. The lowest BCUT2D eigenvalue weighted by Crippen LogP contribution is -2.26. The van der Waals surface area contributed by atoms with Crippen molar-refractivity contribution in [2.75, 3.05) is 6.54 Å². The Labute approximate surface area is 151 Å². The Kier molecular flexibility index (Phi) is 5.36. The van der Waals surface area contributed by atoms with Gasteiger partial charge in [0.25, 0.3) is 5.91 Å². The molecule has 0 saturated heterocycles. The summed E-state index contributed by atoms with van der Waals surface area (Å²) in [7, 11) is 0. The van der Waals surface area contributed by atoms with Crippen LogP contribution >= 0.6 is 0 Å². The zero-order valence-electron chi connectivity index (χ0n) is 14.7. The topological polar surface area (TPSA) is 72.7 Å². The van der Waals surface area contributed by atoms with Gasteiger partial charge in [0.2, 0.25) is 0 Å². The molecule has 2 heterocycles. The summed E-state index contributed by atoms with van der Waals surface area (Å²) in [6.45, 7) is 4.71. The molecule has 2 aromatic heterocycles. The van der Waals surface area contributed by atoms with Crippen LogP contribution in [0.4, 0.5) is 4.39 Å². The van der Waals surface area contributed by atoms with E-state index < -0.39 is 5.82 Å². The van der Waals surface area contributed by atoms with E-state index in [1.807, 2.05) is 0 Å². The molecule has 1 amide bonds. The molecule has 1 aromatic carbocycles. The SMILES string of the molecule is CC(C)CCNC(=O)c1nnn(-c2ccccc2F)c1-c1cccnc1. The highest BCUT2D eigenvalue weighted by Gasteiger charge is 2.23. The van der Waals surface area contributed by atoms with Crippen LogP contribution in [0.25, 0.3) is 16.9 Å². The van der Waals surface area contributed by atoms with Crippen LogP contribution in [0.5, 0.6) is 0 Å². The molecular formula is C19H20FN5O. The first-order chi connectivity index (χ1) is 12.6. The molecule has 0 atom stereocenters. The van der Waals surface area contributed by atoms with Crippen LogP contribution in [-0.4, -0.2) is 32.4 Å². The van der Waals surface area contributed by atoms with Crippen molar-refractivity contribution in [3.05, 3.63) is 60.3 Å². The fourth-order valence-corrected chi connectivity index (χ4v) is 2.55. The van der Waals surface area contributed by atoms with E-state index in [2.05, 4.69) is 34.5 Å². The van der Waals surface area contributed by atoms with Crippen molar-refractivity contribution in [2.45, 2.75) is 20.3 Å². The van der Waals surface area contributed by atoms with Gasteiger partial charge in [0, 0.05) is 24.5 Å². The van der Waals surface area contributed by atoms with Crippen LogP contribution in [0.2, 0.25) is 0 Å². The second-order valence-electron chi connectivity index (χ2n) is 6.33. The molecule has 0 radical (unpaired) electrons. The summed E-state index contributed by atoms with van der Waals surface area (Å²) >= 11 is 0. The molecule has 0 fully saturated rings. The third kappa shape index (κ3) is 3.77. The number of para-hydroxylation sites is 1. The summed E-state index contributed by atoms with van der Waals surface area (Å²) in [5.41, 5.74) is 1.41. The minimum Gasteiger partial charge on any atom is -0.351 e. The van der Waals surface area contributed by atoms with Crippen molar-refractivity contribution in [3.8, 4) is 16.9 Å². The first-order valence-electron chi connectivity index (χ1n) is 8.47. The Balaban J connectivity index is 2.03. The molecular weight excluding hydrogens is 333 g/mol. The zero-order chi connectivity index (χ0) is 18.5. The van der Waals surface area contributed by atoms with E-state index in [1.54, 1.807) is 42.7 Å². The summed E-state index contributed by atoms with van der Waals surface area (Å²) in [6, 6.07) is 9.76. The smallest absolute Gasteiger partial charge is 0.274 e. The van der Waals surface area contributed by atoms with Gasteiger partial charge in [-0.05, 0) is 36.6 Å². The Hall–Kier alpha value is -3.09. The van der Waals surface area contributed by atoms with Crippen LogP contribution in [0.1, 0.15) is 30.8 Å². The third-order valence-electron chi connectivity index (χ3n) is 3.91. The molecule has 0 spiro atoms. The van der Waals surface area contributed by atoms with Crippen molar-refractivity contribution in [2.24, 2.45) is 5.92 Å². The van der Waals surface area contributed by atoms with E-state index in [0.717, 1.165) is 6.42 Å². The lowest BCUT2D eigenvalue weighted by molar-refractivity contribution is 0.0947. The second-order valence-corrected chi connectivity index (χ2v) is 6.33. The number of rotatable bonds is 6. The molecule has 0 aliphatic carbocycles. The third-order valence-corrected chi connectivity index (χ3v) is 3.91. The predicted molar refractivity (Wildman–Crippen MR) is 96.3 cm³/mol. The monoisotopic (exact) mass is 353 g/mol. The largest absolute Gasteiger partial charge is 0.351 e. The normalized spacial score (nSPS) is 10.9. The van der Waals surface area contributed by atoms with E-state index in [-0.39, 0.29) is 17.3 Å². The lowest BCUT2D eigenvalue weighted by atomic mass is 10.1. The van der Waals surface area contributed by atoms with Crippen molar-refractivity contribution >= 4 is 5.91 Å². The van der Waals surface area contributed by atoms with Gasteiger partial charge in [-0.25, -0.2) is 9.07 Å². The van der Waals surface area contributed by atoms with Gasteiger partial charge in [-0.15, -0.1) is 5.10 Å². The number of nitrogens with zero attached hydrogens (tertiary/aromatic N) is 4. The highest BCUT2D eigenvalue weighted by molar-refractivity contribution is 5.98. The maximum absolute atomic E-state index is 14.3. The molecule has 0 unspecified atom stereocenters. The summed E-state index contributed by atoms with van der Waals surface area (Å²) in [4.78, 5) is 16.7. The van der Waals surface area contributed by atoms with Crippen molar-refractivity contribution in [1.29, 1.82) is 0 Å². The molecule has 26 heavy (non-hydrogen) atoms. The number of nitrogens with one attached hydrogen (secondary N) is 1. The molecule has 3 aromatic rings. The van der Waals surface area contributed by atoms with Gasteiger partial charge >= 0.3 is 0 Å².